The van der Waals surface area contributed by atoms with Crippen molar-refractivity contribution in [2.45, 2.75) is 25.5 Å². The molecule has 5 nitrogen and oxygen atoms in total. The molecule has 0 saturated carbocycles. The Morgan fingerprint density at radius 2 is 2.46 bits per heavy atom. The van der Waals surface area contributed by atoms with Crippen molar-refractivity contribution in [1.82, 2.24) is 0 Å². The quantitative estimate of drug-likeness (QED) is 0.567. The third-order valence-electron chi connectivity index (χ3n) is 1.89. The minimum absolute atomic E-state index is 0.239. The van der Waals surface area contributed by atoms with E-state index in [1.165, 1.54) is 12.3 Å². The topological polar surface area (TPSA) is 76.5 Å². The van der Waals surface area contributed by atoms with Crippen LogP contribution in [0, 0.1) is 10.1 Å². The summed E-state index contributed by atoms with van der Waals surface area (Å²) >= 11 is 0. The first kappa shape index (κ1) is 9.73. The number of rotatable bonds is 4. The van der Waals surface area contributed by atoms with E-state index in [2.05, 4.69) is 0 Å². The van der Waals surface area contributed by atoms with Gasteiger partial charge >= 0.3 is 0 Å². The third kappa shape index (κ3) is 2.06. The first-order valence-corrected chi connectivity index (χ1v) is 4.01. The van der Waals surface area contributed by atoms with Gasteiger partial charge < -0.3 is 9.52 Å². The summed E-state index contributed by atoms with van der Waals surface area (Å²) in [5, 5.41) is 20.0. The lowest BCUT2D eigenvalue weighted by Crippen LogP contribution is -2.26. The monoisotopic (exact) mass is 185 g/mol. The van der Waals surface area contributed by atoms with Crippen LogP contribution < -0.4 is 0 Å². The number of aliphatic hydroxyl groups excluding tert-OH is 1. The smallest absolute Gasteiger partial charge is 0.245 e. The van der Waals surface area contributed by atoms with Crippen LogP contribution in [0.25, 0.3) is 0 Å². The van der Waals surface area contributed by atoms with Crippen LogP contribution in [-0.4, -0.2) is 16.1 Å². The molecule has 1 heterocycles. The highest BCUT2D eigenvalue weighted by molar-refractivity contribution is 5.03. The minimum Gasteiger partial charge on any atom is -0.466 e. The van der Waals surface area contributed by atoms with E-state index >= 15 is 0 Å². The van der Waals surface area contributed by atoms with Gasteiger partial charge in [0.05, 0.1) is 6.26 Å². The van der Waals surface area contributed by atoms with E-state index in [-0.39, 0.29) is 12.2 Å². The van der Waals surface area contributed by atoms with Crippen molar-refractivity contribution in [3.05, 3.63) is 34.3 Å². The Hall–Kier alpha value is -1.36. The predicted molar refractivity (Wildman–Crippen MR) is 44.7 cm³/mol. The summed E-state index contributed by atoms with van der Waals surface area (Å²) in [6, 6.07) is 2.12. The summed E-state index contributed by atoms with van der Waals surface area (Å²) in [5.41, 5.74) is 0. The second-order valence-electron chi connectivity index (χ2n) is 2.72. The Bertz CT molecular complexity index is 270. The first-order chi connectivity index (χ1) is 6.16. The van der Waals surface area contributed by atoms with E-state index in [9.17, 15) is 15.2 Å². The zero-order valence-electron chi connectivity index (χ0n) is 7.21. The normalized spacial score (nSPS) is 15.2. The van der Waals surface area contributed by atoms with Crippen LogP contribution in [-0.2, 0) is 0 Å². The molecule has 0 bridgehead atoms. The zero-order valence-corrected chi connectivity index (χ0v) is 7.21. The maximum Gasteiger partial charge on any atom is 0.245 e. The number of hydrogen-bond acceptors (Lipinski definition) is 4. The molecule has 0 spiro atoms. The van der Waals surface area contributed by atoms with E-state index in [1.54, 1.807) is 13.0 Å². The lowest BCUT2D eigenvalue weighted by molar-refractivity contribution is -0.536. The summed E-state index contributed by atoms with van der Waals surface area (Å²) in [6.07, 6.45) is 0.495. The highest BCUT2D eigenvalue weighted by Crippen LogP contribution is 2.20. The van der Waals surface area contributed by atoms with Gasteiger partial charge in [-0.3, -0.25) is 10.1 Å². The van der Waals surface area contributed by atoms with Gasteiger partial charge in [-0.1, -0.05) is 6.92 Å². The molecule has 2 atom stereocenters. The maximum atomic E-state index is 10.5. The van der Waals surface area contributed by atoms with Crippen molar-refractivity contribution < 1.29 is 14.4 Å². The highest BCUT2D eigenvalue weighted by atomic mass is 16.6. The van der Waals surface area contributed by atoms with Gasteiger partial charge in [-0.05, 0) is 12.1 Å². The molecular weight excluding hydrogens is 174 g/mol. The van der Waals surface area contributed by atoms with E-state index in [4.69, 9.17) is 4.42 Å². The molecule has 0 aromatic carbocycles. The molecule has 0 saturated heterocycles. The van der Waals surface area contributed by atoms with Gasteiger partial charge in [0.1, 0.15) is 5.76 Å². The number of nitrogens with zero attached hydrogens (tertiary/aromatic N) is 1. The second kappa shape index (κ2) is 4.04. The van der Waals surface area contributed by atoms with Gasteiger partial charge in [-0.25, -0.2) is 0 Å². The van der Waals surface area contributed by atoms with Crippen molar-refractivity contribution >= 4 is 0 Å². The number of aliphatic hydroxyl groups is 1. The van der Waals surface area contributed by atoms with Gasteiger partial charge in [0.2, 0.25) is 6.04 Å². The van der Waals surface area contributed by atoms with E-state index in [1.807, 2.05) is 0 Å². The molecule has 72 valence electrons. The average Bonchev–Trinajstić information content (AvgIpc) is 2.56. The van der Waals surface area contributed by atoms with Crippen LogP contribution in [0.15, 0.2) is 22.8 Å². The molecule has 0 radical (unpaired) electrons. The zero-order chi connectivity index (χ0) is 9.84. The summed E-state index contributed by atoms with van der Waals surface area (Å²) < 4.78 is 4.87. The van der Waals surface area contributed by atoms with Gasteiger partial charge in [0.15, 0.2) is 6.10 Å². The van der Waals surface area contributed by atoms with Gasteiger partial charge in [0, 0.05) is 11.3 Å². The average molecular weight is 185 g/mol. The largest absolute Gasteiger partial charge is 0.466 e. The third-order valence-corrected chi connectivity index (χ3v) is 1.89. The molecule has 13 heavy (non-hydrogen) atoms. The van der Waals surface area contributed by atoms with Crippen LogP contribution in [0.3, 0.4) is 0 Å². The van der Waals surface area contributed by atoms with Crippen LogP contribution in [0.1, 0.15) is 25.2 Å². The van der Waals surface area contributed by atoms with Crippen LogP contribution in [0.5, 0.6) is 0 Å². The summed E-state index contributed by atoms with van der Waals surface area (Å²) in [7, 11) is 0. The van der Waals surface area contributed by atoms with E-state index in [0.29, 0.717) is 0 Å². The maximum absolute atomic E-state index is 10.5. The number of hydrogen-bond donors (Lipinski definition) is 1. The van der Waals surface area contributed by atoms with Crippen molar-refractivity contribution in [3.8, 4) is 0 Å². The van der Waals surface area contributed by atoms with Gasteiger partial charge in [0.25, 0.3) is 0 Å². The lowest BCUT2D eigenvalue weighted by atomic mass is 10.1. The Labute approximate surface area is 75.1 Å². The number of nitro groups is 1. The fraction of sp³-hybridized carbons (Fsp3) is 0.500. The van der Waals surface area contributed by atoms with Crippen LogP contribution in [0.4, 0.5) is 0 Å². The summed E-state index contributed by atoms with van der Waals surface area (Å²) in [5.74, 6) is 0.239. The van der Waals surface area contributed by atoms with E-state index < -0.39 is 17.1 Å². The molecule has 1 N–H and O–H groups in total. The van der Waals surface area contributed by atoms with Gasteiger partial charge in [-0.2, -0.15) is 0 Å². The Morgan fingerprint density at radius 3 is 2.85 bits per heavy atom. The molecule has 0 unspecified atom stereocenters. The van der Waals surface area contributed by atoms with Crippen molar-refractivity contribution in [3.63, 3.8) is 0 Å². The lowest BCUT2D eigenvalue weighted by Gasteiger charge is -2.11. The molecule has 0 amide bonds. The number of furan rings is 1. The Morgan fingerprint density at radius 1 is 1.77 bits per heavy atom. The molecule has 5 heteroatoms. The Kier molecular flexibility index (Phi) is 3.02. The Balaban J connectivity index is 2.76. The molecule has 0 fully saturated rings. The first-order valence-electron chi connectivity index (χ1n) is 4.01. The molecule has 1 aromatic rings. The van der Waals surface area contributed by atoms with Crippen molar-refractivity contribution in [2.24, 2.45) is 0 Å². The molecular formula is C8H11NO4. The summed E-state index contributed by atoms with van der Waals surface area (Å²) in [4.78, 5) is 9.98. The summed E-state index contributed by atoms with van der Waals surface area (Å²) in [6.45, 7) is 1.65. The fourth-order valence-corrected chi connectivity index (χ4v) is 1.14. The highest BCUT2D eigenvalue weighted by Gasteiger charge is 2.30. The minimum atomic E-state index is -1.16. The molecule has 1 rings (SSSR count). The SMILES string of the molecule is CC[C@@H]([C@H](O)c1ccco1)[N+](=O)[O-]. The van der Waals surface area contributed by atoms with E-state index in [0.717, 1.165) is 0 Å². The second-order valence-corrected chi connectivity index (χ2v) is 2.72. The van der Waals surface area contributed by atoms with Crippen molar-refractivity contribution in [1.29, 1.82) is 0 Å². The predicted octanol–water partition coefficient (Wildman–Crippen LogP) is 1.37. The standard InChI is InChI=1S/C8H11NO4/c1-2-6(9(11)12)8(10)7-4-3-5-13-7/h3-6,8,10H,2H2,1H3/t6-,8-/m0/s1. The molecule has 0 aliphatic carbocycles. The molecule has 0 aliphatic heterocycles. The molecule has 1 aromatic heterocycles. The van der Waals surface area contributed by atoms with Gasteiger partial charge in [-0.15, -0.1) is 0 Å². The van der Waals surface area contributed by atoms with Crippen LogP contribution >= 0.6 is 0 Å². The molecule has 0 aliphatic rings. The van der Waals surface area contributed by atoms with Crippen LogP contribution in [0.2, 0.25) is 0 Å². The van der Waals surface area contributed by atoms with Crippen molar-refractivity contribution in [2.75, 3.05) is 0 Å². The fourth-order valence-electron chi connectivity index (χ4n) is 1.14.